The van der Waals surface area contributed by atoms with E-state index in [9.17, 15) is 8.42 Å². The summed E-state index contributed by atoms with van der Waals surface area (Å²) in [5.74, 6) is 0.185. The fraction of sp³-hybridized carbons (Fsp3) is 0.400. The number of halogens is 2. The van der Waals surface area contributed by atoms with Gasteiger partial charge in [0.15, 0.2) is 0 Å². The SMILES string of the molecule is COc1ccc(C(Cl)C(C)N)cc1S(N)(=O)=O.Cl. The highest BCUT2D eigenvalue weighted by atomic mass is 35.5. The lowest BCUT2D eigenvalue weighted by atomic mass is 10.1. The van der Waals surface area contributed by atoms with Crippen molar-refractivity contribution < 1.29 is 13.2 Å². The van der Waals surface area contributed by atoms with Crippen molar-refractivity contribution in [1.29, 1.82) is 0 Å². The maximum absolute atomic E-state index is 11.4. The molecule has 1 rings (SSSR count). The summed E-state index contributed by atoms with van der Waals surface area (Å²) in [4.78, 5) is -0.0937. The summed E-state index contributed by atoms with van der Waals surface area (Å²) < 4.78 is 27.7. The molecule has 0 fully saturated rings. The Morgan fingerprint density at radius 3 is 2.33 bits per heavy atom. The van der Waals surface area contributed by atoms with E-state index in [0.717, 1.165) is 0 Å². The molecule has 5 nitrogen and oxygen atoms in total. The molecule has 4 N–H and O–H groups in total. The van der Waals surface area contributed by atoms with E-state index < -0.39 is 15.4 Å². The van der Waals surface area contributed by atoms with Crippen LogP contribution in [0, 0.1) is 0 Å². The van der Waals surface area contributed by atoms with Gasteiger partial charge in [-0.2, -0.15) is 0 Å². The predicted octanol–water partition coefficient (Wildman–Crippen LogP) is 1.39. The van der Waals surface area contributed by atoms with Crippen molar-refractivity contribution in [2.75, 3.05) is 7.11 Å². The van der Waals surface area contributed by atoms with Crippen LogP contribution in [0.4, 0.5) is 0 Å². The largest absolute Gasteiger partial charge is 0.495 e. The second kappa shape index (κ2) is 6.58. The number of alkyl halides is 1. The molecule has 1 aromatic rings. The van der Waals surface area contributed by atoms with E-state index in [4.69, 9.17) is 27.2 Å². The molecule has 2 unspecified atom stereocenters. The lowest BCUT2D eigenvalue weighted by molar-refractivity contribution is 0.402. The first kappa shape index (κ1) is 17.5. The van der Waals surface area contributed by atoms with Crippen LogP contribution in [0.3, 0.4) is 0 Å². The van der Waals surface area contributed by atoms with Gasteiger partial charge in [0.1, 0.15) is 10.6 Å². The molecule has 104 valence electrons. The van der Waals surface area contributed by atoms with Crippen LogP contribution < -0.4 is 15.6 Å². The number of sulfonamides is 1. The van der Waals surface area contributed by atoms with Gasteiger partial charge >= 0.3 is 0 Å². The van der Waals surface area contributed by atoms with Crippen molar-refractivity contribution in [3.05, 3.63) is 23.8 Å². The first-order chi connectivity index (χ1) is 7.77. The van der Waals surface area contributed by atoms with Crippen LogP contribution in [0.5, 0.6) is 5.75 Å². The third-order valence-electron chi connectivity index (χ3n) is 2.27. The lowest BCUT2D eigenvalue weighted by Gasteiger charge is -2.15. The fourth-order valence-electron chi connectivity index (χ4n) is 1.39. The first-order valence-corrected chi connectivity index (χ1v) is 6.86. The highest BCUT2D eigenvalue weighted by Gasteiger charge is 2.19. The van der Waals surface area contributed by atoms with Crippen molar-refractivity contribution in [3.8, 4) is 5.75 Å². The third-order valence-corrected chi connectivity index (χ3v) is 3.86. The molecular formula is C10H16Cl2N2O3S. The molecule has 8 heteroatoms. The maximum Gasteiger partial charge on any atom is 0.241 e. The number of nitrogens with two attached hydrogens (primary N) is 2. The number of hydrogen-bond donors (Lipinski definition) is 2. The molecular weight excluding hydrogens is 299 g/mol. The zero-order valence-corrected chi connectivity index (χ0v) is 12.3. The molecule has 0 amide bonds. The van der Waals surface area contributed by atoms with E-state index in [0.29, 0.717) is 5.56 Å². The van der Waals surface area contributed by atoms with Crippen molar-refractivity contribution in [1.82, 2.24) is 0 Å². The second-order valence-electron chi connectivity index (χ2n) is 3.72. The fourth-order valence-corrected chi connectivity index (χ4v) is 2.26. The number of rotatable bonds is 4. The number of hydrogen-bond acceptors (Lipinski definition) is 4. The minimum atomic E-state index is -3.85. The molecule has 1 aromatic carbocycles. The van der Waals surface area contributed by atoms with Crippen LogP contribution in [0.15, 0.2) is 23.1 Å². The van der Waals surface area contributed by atoms with E-state index in [-0.39, 0.29) is 29.1 Å². The number of methoxy groups -OCH3 is 1. The zero-order chi connectivity index (χ0) is 13.2. The highest BCUT2D eigenvalue weighted by molar-refractivity contribution is 7.89. The Morgan fingerprint density at radius 1 is 1.39 bits per heavy atom. The Bertz CT molecular complexity index is 506. The molecule has 0 saturated carbocycles. The standard InChI is InChI=1S/C10H15ClN2O3S.ClH/c1-6(12)10(11)7-3-4-8(16-2)9(5-7)17(13,14)15;/h3-6,10H,12H2,1-2H3,(H2,13,14,15);1H. The monoisotopic (exact) mass is 314 g/mol. The average Bonchev–Trinajstić information content (AvgIpc) is 2.25. The predicted molar refractivity (Wildman–Crippen MR) is 73.9 cm³/mol. The van der Waals surface area contributed by atoms with Crippen LogP contribution >= 0.6 is 24.0 Å². The Balaban J connectivity index is 0.00000289. The summed E-state index contributed by atoms with van der Waals surface area (Å²) in [5, 5.41) is 4.61. The Labute approximate surface area is 118 Å². The van der Waals surface area contributed by atoms with Gasteiger partial charge in [0.05, 0.1) is 12.5 Å². The van der Waals surface area contributed by atoms with E-state index in [1.54, 1.807) is 13.0 Å². The Kier molecular flexibility index (Phi) is 6.39. The van der Waals surface area contributed by atoms with Crippen molar-refractivity contribution in [2.45, 2.75) is 23.2 Å². The minimum Gasteiger partial charge on any atom is -0.495 e. The van der Waals surface area contributed by atoms with Gasteiger partial charge in [0.2, 0.25) is 10.0 Å². The third kappa shape index (κ3) is 4.00. The second-order valence-corrected chi connectivity index (χ2v) is 5.72. The number of ether oxygens (including phenoxy) is 1. The number of benzene rings is 1. The van der Waals surface area contributed by atoms with Crippen LogP contribution in [0.2, 0.25) is 0 Å². The molecule has 2 atom stereocenters. The van der Waals surface area contributed by atoms with Gasteiger partial charge in [-0.3, -0.25) is 0 Å². The molecule has 0 aliphatic heterocycles. The normalized spacial score (nSPS) is 14.5. The molecule has 0 saturated heterocycles. The quantitative estimate of drug-likeness (QED) is 0.821. The summed E-state index contributed by atoms with van der Waals surface area (Å²) >= 11 is 6.06. The maximum atomic E-state index is 11.4. The first-order valence-electron chi connectivity index (χ1n) is 4.87. The molecule has 0 heterocycles. The Morgan fingerprint density at radius 2 is 1.94 bits per heavy atom. The van der Waals surface area contributed by atoms with Gasteiger partial charge in [-0.05, 0) is 24.6 Å². The van der Waals surface area contributed by atoms with Gasteiger partial charge in [-0.25, -0.2) is 13.6 Å². The van der Waals surface area contributed by atoms with Gasteiger partial charge in [-0.1, -0.05) is 6.07 Å². The van der Waals surface area contributed by atoms with E-state index in [1.807, 2.05) is 0 Å². The molecule has 18 heavy (non-hydrogen) atoms. The van der Waals surface area contributed by atoms with Crippen LogP contribution in [-0.4, -0.2) is 21.6 Å². The number of primary sulfonamides is 1. The molecule has 0 radical (unpaired) electrons. The summed E-state index contributed by atoms with van der Waals surface area (Å²) in [7, 11) is -2.48. The van der Waals surface area contributed by atoms with Gasteiger partial charge in [0.25, 0.3) is 0 Å². The van der Waals surface area contributed by atoms with Crippen molar-refractivity contribution in [3.63, 3.8) is 0 Å². The molecule has 0 spiro atoms. The lowest BCUT2D eigenvalue weighted by Crippen LogP contribution is -2.21. The van der Waals surface area contributed by atoms with Crippen molar-refractivity contribution in [2.24, 2.45) is 10.9 Å². The molecule has 0 aliphatic rings. The summed E-state index contributed by atoms with van der Waals surface area (Å²) in [6.45, 7) is 1.73. The van der Waals surface area contributed by atoms with E-state index in [1.165, 1.54) is 19.2 Å². The summed E-state index contributed by atoms with van der Waals surface area (Å²) in [5.41, 5.74) is 6.24. The van der Waals surface area contributed by atoms with Crippen LogP contribution in [-0.2, 0) is 10.0 Å². The highest BCUT2D eigenvalue weighted by Crippen LogP contribution is 2.30. The summed E-state index contributed by atoms with van der Waals surface area (Å²) in [6, 6.07) is 4.25. The van der Waals surface area contributed by atoms with E-state index >= 15 is 0 Å². The van der Waals surface area contributed by atoms with Crippen LogP contribution in [0.25, 0.3) is 0 Å². The van der Waals surface area contributed by atoms with E-state index in [2.05, 4.69) is 0 Å². The van der Waals surface area contributed by atoms with Crippen molar-refractivity contribution >= 4 is 34.0 Å². The molecule has 0 aromatic heterocycles. The molecule has 0 bridgehead atoms. The minimum absolute atomic E-state index is 0. The average molecular weight is 315 g/mol. The Hall–Kier alpha value is -0.530. The summed E-state index contributed by atoms with van der Waals surface area (Å²) in [6.07, 6.45) is 0. The van der Waals surface area contributed by atoms with Gasteiger partial charge in [0, 0.05) is 6.04 Å². The van der Waals surface area contributed by atoms with Crippen LogP contribution in [0.1, 0.15) is 17.9 Å². The van der Waals surface area contributed by atoms with Gasteiger partial charge < -0.3 is 10.5 Å². The molecule has 0 aliphatic carbocycles. The van der Waals surface area contributed by atoms with Gasteiger partial charge in [-0.15, -0.1) is 24.0 Å². The topological polar surface area (TPSA) is 95.4 Å². The smallest absolute Gasteiger partial charge is 0.241 e. The zero-order valence-electron chi connectivity index (χ0n) is 9.96.